The van der Waals surface area contributed by atoms with E-state index in [1.807, 2.05) is 13.0 Å². The Balaban J connectivity index is 1.65. The number of anilines is 1. The third kappa shape index (κ3) is 3.92. The highest BCUT2D eigenvalue weighted by molar-refractivity contribution is 7.10. The van der Waals surface area contributed by atoms with E-state index in [0.717, 1.165) is 5.69 Å². The summed E-state index contributed by atoms with van der Waals surface area (Å²) < 4.78 is 14.6. The van der Waals surface area contributed by atoms with E-state index >= 15 is 0 Å². The maximum absolute atomic E-state index is 12.2. The van der Waals surface area contributed by atoms with Crippen molar-refractivity contribution in [2.24, 2.45) is 0 Å². The summed E-state index contributed by atoms with van der Waals surface area (Å²) in [6, 6.07) is 8.72. The molecular weight excluding hydrogens is 316 g/mol. The van der Waals surface area contributed by atoms with Crippen LogP contribution in [0.2, 0.25) is 0 Å². The standard InChI is InChI=1S/C15H14N4O3S/c1-9-6-14(23-19-9)17-15(20)11-4-3-5-12(7-11)21-8-13-16-10(2)22-18-13/h3-7H,8H2,1-2H3,(H,17,20). The van der Waals surface area contributed by atoms with E-state index in [0.29, 0.717) is 28.0 Å². The van der Waals surface area contributed by atoms with Gasteiger partial charge in [0.1, 0.15) is 10.8 Å². The number of aromatic nitrogens is 3. The molecule has 0 atom stereocenters. The number of aryl methyl sites for hydroxylation is 2. The SMILES string of the molecule is Cc1cc(NC(=O)c2cccc(OCc3noc(C)n3)c2)sn1. The summed E-state index contributed by atoms with van der Waals surface area (Å²) in [7, 11) is 0. The van der Waals surface area contributed by atoms with Crippen LogP contribution in [0.3, 0.4) is 0 Å². The van der Waals surface area contributed by atoms with Crippen LogP contribution in [-0.2, 0) is 6.61 Å². The summed E-state index contributed by atoms with van der Waals surface area (Å²) in [5.41, 5.74) is 1.37. The molecule has 7 nitrogen and oxygen atoms in total. The van der Waals surface area contributed by atoms with Crippen molar-refractivity contribution >= 4 is 22.4 Å². The molecule has 2 aromatic heterocycles. The molecule has 8 heteroatoms. The summed E-state index contributed by atoms with van der Waals surface area (Å²) in [5.74, 6) is 1.28. The summed E-state index contributed by atoms with van der Waals surface area (Å²) in [6.07, 6.45) is 0. The number of nitrogens with zero attached hydrogens (tertiary/aromatic N) is 3. The second-order valence-electron chi connectivity index (χ2n) is 4.83. The van der Waals surface area contributed by atoms with Crippen LogP contribution < -0.4 is 10.1 Å². The van der Waals surface area contributed by atoms with Crippen LogP contribution in [0, 0.1) is 13.8 Å². The van der Waals surface area contributed by atoms with Crippen LogP contribution in [0.25, 0.3) is 0 Å². The average Bonchev–Trinajstić information content (AvgIpc) is 3.14. The fourth-order valence-electron chi connectivity index (χ4n) is 1.88. The van der Waals surface area contributed by atoms with E-state index < -0.39 is 0 Å². The molecule has 0 aliphatic rings. The third-order valence-electron chi connectivity index (χ3n) is 2.90. The lowest BCUT2D eigenvalue weighted by molar-refractivity contribution is 0.102. The first-order valence-corrected chi connectivity index (χ1v) is 7.64. The molecule has 0 aliphatic carbocycles. The first-order valence-electron chi connectivity index (χ1n) is 6.87. The molecule has 3 rings (SSSR count). The lowest BCUT2D eigenvalue weighted by atomic mass is 10.2. The number of carbonyl (C=O) groups excluding carboxylic acids is 1. The number of nitrogens with one attached hydrogen (secondary N) is 1. The number of amides is 1. The van der Waals surface area contributed by atoms with Gasteiger partial charge in [-0.2, -0.15) is 9.36 Å². The first kappa shape index (κ1) is 15.2. The Bertz CT molecular complexity index is 828. The highest BCUT2D eigenvalue weighted by atomic mass is 32.1. The van der Waals surface area contributed by atoms with Gasteiger partial charge in [0.15, 0.2) is 6.61 Å². The van der Waals surface area contributed by atoms with Gasteiger partial charge in [-0.3, -0.25) is 4.79 Å². The zero-order valence-electron chi connectivity index (χ0n) is 12.6. The van der Waals surface area contributed by atoms with Gasteiger partial charge in [0.05, 0.1) is 5.69 Å². The Morgan fingerprint density at radius 3 is 2.91 bits per heavy atom. The topological polar surface area (TPSA) is 90.1 Å². The van der Waals surface area contributed by atoms with Crippen molar-refractivity contribution in [3.05, 3.63) is 53.3 Å². The van der Waals surface area contributed by atoms with Crippen molar-refractivity contribution < 1.29 is 14.1 Å². The van der Waals surface area contributed by atoms with Crippen molar-refractivity contribution in [1.29, 1.82) is 0 Å². The van der Waals surface area contributed by atoms with Crippen molar-refractivity contribution in [3.63, 3.8) is 0 Å². The van der Waals surface area contributed by atoms with Gasteiger partial charge in [-0.05, 0) is 42.7 Å². The Labute approximate surface area is 136 Å². The minimum atomic E-state index is -0.213. The van der Waals surface area contributed by atoms with E-state index in [-0.39, 0.29) is 12.5 Å². The first-order chi connectivity index (χ1) is 11.1. The Hall–Kier alpha value is -2.74. The molecule has 118 valence electrons. The van der Waals surface area contributed by atoms with Crippen molar-refractivity contribution in [3.8, 4) is 5.75 Å². The van der Waals surface area contributed by atoms with Gasteiger partial charge >= 0.3 is 0 Å². The fourth-order valence-corrected chi connectivity index (χ4v) is 2.54. The molecule has 1 amide bonds. The van der Waals surface area contributed by atoms with Crippen LogP contribution in [0.15, 0.2) is 34.9 Å². The van der Waals surface area contributed by atoms with Crippen LogP contribution in [0.4, 0.5) is 5.00 Å². The van der Waals surface area contributed by atoms with Crippen molar-refractivity contribution in [2.45, 2.75) is 20.5 Å². The largest absolute Gasteiger partial charge is 0.485 e. The van der Waals surface area contributed by atoms with Crippen LogP contribution >= 0.6 is 11.5 Å². The van der Waals surface area contributed by atoms with Crippen LogP contribution in [0.5, 0.6) is 5.75 Å². The molecule has 3 aromatic rings. The van der Waals surface area contributed by atoms with Crippen LogP contribution in [0.1, 0.15) is 27.8 Å². The predicted octanol–water partition coefficient (Wildman–Crippen LogP) is 2.97. The van der Waals surface area contributed by atoms with E-state index in [9.17, 15) is 4.79 Å². The van der Waals surface area contributed by atoms with Gasteiger partial charge in [-0.25, -0.2) is 0 Å². The monoisotopic (exact) mass is 330 g/mol. The summed E-state index contributed by atoms with van der Waals surface area (Å²) in [4.78, 5) is 16.3. The van der Waals surface area contributed by atoms with Crippen LogP contribution in [-0.4, -0.2) is 20.4 Å². The molecular formula is C15H14N4O3S. The lowest BCUT2D eigenvalue weighted by Crippen LogP contribution is -2.11. The van der Waals surface area contributed by atoms with E-state index in [2.05, 4.69) is 19.8 Å². The molecule has 0 fully saturated rings. The second kappa shape index (κ2) is 6.57. The molecule has 2 heterocycles. The smallest absolute Gasteiger partial charge is 0.256 e. The number of hydrogen-bond acceptors (Lipinski definition) is 7. The number of carbonyl (C=O) groups is 1. The molecule has 1 N–H and O–H groups in total. The van der Waals surface area contributed by atoms with Gasteiger partial charge in [0.2, 0.25) is 11.7 Å². The van der Waals surface area contributed by atoms with E-state index in [1.54, 1.807) is 31.2 Å². The molecule has 0 bridgehead atoms. The Kier molecular flexibility index (Phi) is 4.33. The minimum Gasteiger partial charge on any atom is -0.485 e. The summed E-state index contributed by atoms with van der Waals surface area (Å²) in [6.45, 7) is 3.76. The van der Waals surface area contributed by atoms with E-state index in [1.165, 1.54) is 11.5 Å². The van der Waals surface area contributed by atoms with Crippen molar-refractivity contribution in [2.75, 3.05) is 5.32 Å². The molecule has 0 spiro atoms. The zero-order valence-corrected chi connectivity index (χ0v) is 13.4. The number of hydrogen-bond donors (Lipinski definition) is 1. The Morgan fingerprint density at radius 1 is 1.35 bits per heavy atom. The molecule has 0 unspecified atom stereocenters. The quantitative estimate of drug-likeness (QED) is 0.773. The zero-order chi connectivity index (χ0) is 16.2. The second-order valence-corrected chi connectivity index (χ2v) is 5.64. The molecule has 23 heavy (non-hydrogen) atoms. The van der Waals surface area contributed by atoms with Gasteiger partial charge in [0, 0.05) is 12.5 Å². The summed E-state index contributed by atoms with van der Waals surface area (Å²) >= 11 is 1.25. The highest BCUT2D eigenvalue weighted by Crippen LogP contribution is 2.19. The highest BCUT2D eigenvalue weighted by Gasteiger charge is 2.10. The predicted molar refractivity (Wildman–Crippen MR) is 84.6 cm³/mol. The number of ether oxygens (including phenoxy) is 1. The minimum absolute atomic E-state index is 0.177. The van der Waals surface area contributed by atoms with Crippen molar-refractivity contribution in [1.82, 2.24) is 14.5 Å². The fraction of sp³-hybridized carbons (Fsp3) is 0.200. The summed E-state index contributed by atoms with van der Waals surface area (Å²) in [5, 5.41) is 7.27. The van der Waals surface area contributed by atoms with Gasteiger partial charge < -0.3 is 14.6 Å². The van der Waals surface area contributed by atoms with Gasteiger partial charge in [-0.15, -0.1) is 0 Å². The normalized spacial score (nSPS) is 10.5. The molecule has 0 saturated carbocycles. The van der Waals surface area contributed by atoms with E-state index in [4.69, 9.17) is 9.26 Å². The Morgan fingerprint density at radius 2 is 2.22 bits per heavy atom. The molecule has 1 aromatic carbocycles. The number of rotatable bonds is 5. The maximum Gasteiger partial charge on any atom is 0.256 e. The molecule has 0 radical (unpaired) electrons. The maximum atomic E-state index is 12.2. The lowest BCUT2D eigenvalue weighted by Gasteiger charge is -2.06. The molecule has 0 saturated heterocycles. The third-order valence-corrected chi connectivity index (χ3v) is 3.69. The van der Waals surface area contributed by atoms with Gasteiger partial charge in [-0.1, -0.05) is 11.2 Å². The average molecular weight is 330 g/mol. The molecule has 0 aliphatic heterocycles. The van der Waals surface area contributed by atoms with Gasteiger partial charge in [0.25, 0.3) is 5.91 Å². The number of benzene rings is 1.